The van der Waals surface area contributed by atoms with E-state index in [-0.39, 0.29) is 23.5 Å². The van der Waals surface area contributed by atoms with Gasteiger partial charge in [-0.2, -0.15) is 13.2 Å². The third-order valence-corrected chi connectivity index (χ3v) is 4.12. The maximum Gasteiger partial charge on any atom is 0.416 e. The molecular weight excluding hydrogens is 342 g/mol. The Bertz CT molecular complexity index is 738. The maximum atomic E-state index is 13.8. The molecule has 25 heavy (non-hydrogen) atoms. The van der Waals surface area contributed by atoms with E-state index in [4.69, 9.17) is 0 Å². The van der Waals surface area contributed by atoms with Crippen LogP contribution in [-0.2, 0) is 12.6 Å². The molecule has 0 nitrogen and oxygen atoms in total. The number of benzene rings is 2. The van der Waals surface area contributed by atoms with Gasteiger partial charge in [-0.3, -0.25) is 0 Å². The minimum absolute atomic E-state index is 0.000920. The molecule has 0 aliphatic carbocycles. The molecule has 6 heteroatoms. The summed E-state index contributed by atoms with van der Waals surface area (Å²) in [5.41, 5.74) is -0.592. The summed E-state index contributed by atoms with van der Waals surface area (Å²) in [4.78, 5) is 0. The molecule has 0 bridgehead atoms. The molecule has 136 valence electrons. The Morgan fingerprint density at radius 2 is 1.44 bits per heavy atom. The summed E-state index contributed by atoms with van der Waals surface area (Å²) >= 11 is 0. The van der Waals surface area contributed by atoms with Crippen LogP contribution >= 0.6 is 0 Å². The first kappa shape index (κ1) is 19.3. The number of hydrogen-bond donors (Lipinski definition) is 0. The van der Waals surface area contributed by atoms with Gasteiger partial charge in [0.2, 0.25) is 0 Å². The van der Waals surface area contributed by atoms with E-state index in [1.54, 1.807) is 13.8 Å². The topological polar surface area (TPSA) is 0 Å². The standard InChI is InChI=1S/C19H18F6/c1-10(2)14-5-4-12(7-15(14)19(23,24)25)6-11(3)18-16(21)8-13(20)9-17(18)22/h4-5,7-11H,6H2,1-3H3. The van der Waals surface area contributed by atoms with Crippen molar-refractivity contribution in [3.05, 3.63) is 70.0 Å². The van der Waals surface area contributed by atoms with Crippen LogP contribution < -0.4 is 0 Å². The molecule has 0 fully saturated rings. The van der Waals surface area contributed by atoms with E-state index in [2.05, 4.69) is 0 Å². The number of halogens is 6. The van der Waals surface area contributed by atoms with Crippen molar-refractivity contribution in [1.29, 1.82) is 0 Å². The van der Waals surface area contributed by atoms with Gasteiger partial charge in [-0.1, -0.05) is 32.9 Å². The van der Waals surface area contributed by atoms with Gasteiger partial charge in [-0.25, -0.2) is 13.2 Å². The fraction of sp³-hybridized carbons (Fsp3) is 0.368. The smallest absolute Gasteiger partial charge is 0.207 e. The maximum absolute atomic E-state index is 13.8. The van der Waals surface area contributed by atoms with Crippen molar-refractivity contribution in [3.63, 3.8) is 0 Å². The highest BCUT2D eigenvalue weighted by Crippen LogP contribution is 2.37. The van der Waals surface area contributed by atoms with Crippen LogP contribution in [0.4, 0.5) is 26.3 Å². The third-order valence-electron chi connectivity index (χ3n) is 4.12. The van der Waals surface area contributed by atoms with Gasteiger partial charge >= 0.3 is 6.18 Å². The van der Waals surface area contributed by atoms with E-state index in [1.807, 2.05) is 0 Å². The third kappa shape index (κ3) is 4.35. The highest BCUT2D eigenvalue weighted by molar-refractivity contribution is 5.37. The summed E-state index contributed by atoms with van der Waals surface area (Å²) in [6.07, 6.45) is -4.51. The molecule has 0 radical (unpaired) electrons. The van der Waals surface area contributed by atoms with Crippen molar-refractivity contribution in [2.75, 3.05) is 0 Å². The van der Waals surface area contributed by atoms with E-state index in [9.17, 15) is 26.3 Å². The van der Waals surface area contributed by atoms with Crippen LogP contribution in [0.3, 0.4) is 0 Å². The molecule has 0 aliphatic rings. The normalized spacial score (nSPS) is 13.4. The van der Waals surface area contributed by atoms with Crippen LogP contribution in [-0.4, -0.2) is 0 Å². The number of rotatable bonds is 4. The fourth-order valence-corrected chi connectivity index (χ4v) is 2.96. The molecule has 1 atom stereocenters. The van der Waals surface area contributed by atoms with E-state index >= 15 is 0 Å². The predicted molar refractivity (Wildman–Crippen MR) is 84.0 cm³/mol. The quantitative estimate of drug-likeness (QED) is 0.540. The summed E-state index contributed by atoms with van der Waals surface area (Å²) in [5, 5.41) is 0. The molecule has 2 aromatic carbocycles. The van der Waals surface area contributed by atoms with E-state index in [0.717, 1.165) is 6.07 Å². The van der Waals surface area contributed by atoms with Gasteiger partial charge in [0.05, 0.1) is 5.56 Å². The van der Waals surface area contributed by atoms with Gasteiger partial charge in [0.15, 0.2) is 0 Å². The molecule has 0 saturated carbocycles. The molecule has 2 aromatic rings. The second-order valence-corrected chi connectivity index (χ2v) is 6.46. The van der Waals surface area contributed by atoms with Crippen molar-refractivity contribution in [3.8, 4) is 0 Å². The van der Waals surface area contributed by atoms with Crippen LogP contribution in [0, 0.1) is 17.5 Å². The fourth-order valence-electron chi connectivity index (χ4n) is 2.96. The first-order valence-electron chi connectivity index (χ1n) is 7.85. The Hall–Kier alpha value is -1.98. The van der Waals surface area contributed by atoms with E-state index in [1.165, 1.54) is 19.1 Å². The van der Waals surface area contributed by atoms with Crippen LogP contribution in [0.15, 0.2) is 30.3 Å². The van der Waals surface area contributed by atoms with Gasteiger partial charge in [0.25, 0.3) is 0 Å². The average molecular weight is 360 g/mol. The Balaban J connectivity index is 2.38. The van der Waals surface area contributed by atoms with Crippen molar-refractivity contribution in [1.82, 2.24) is 0 Å². The molecule has 0 aliphatic heterocycles. The van der Waals surface area contributed by atoms with Gasteiger partial charge in [-0.05, 0) is 35.4 Å². The Kier molecular flexibility index (Phi) is 5.49. The SMILES string of the molecule is CC(C)c1ccc(CC(C)c2c(F)cc(F)cc2F)cc1C(F)(F)F. The van der Waals surface area contributed by atoms with Crippen LogP contribution in [0.1, 0.15) is 54.9 Å². The zero-order valence-electron chi connectivity index (χ0n) is 14.0. The first-order chi connectivity index (χ1) is 11.5. The van der Waals surface area contributed by atoms with Crippen molar-refractivity contribution in [2.24, 2.45) is 0 Å². The van der Waals surface area contributed by atoms with Gasteiger partial charge < -0.3 is 0 Å². The predicted octanol–water partition coefficient (Wildman–Crippen LogP) is 6.59. The molecule has 0 aromatic heterocycles. The zero-order valence-corrected chi connectivity index (χ0v) is 14.0. The second-order valence-electron chi connectivity index (χ2n) is 6.46. The van der Waals surface area contributed by atoms with Gasteiger partial charge in [0.1, 0.15) is 17.5 Å². The molecule has 0 amide bonds. The van der Waals surface area contributed by atoms with E-state index < -0.39 is 35.1 Å². The highest BCUT2D eigenvalue weighted by atomic mass is 19.4. The summed E-state index contributed by atoms with van der Waals surface area (Å²) in [6.45, 7) is 4.81. The molecule has 0 heterocycles. The van der Waals surface area contributed by atoms with Crippen LogP contribution in [0.25, 0.3) is 0 Å². The largest absolute Gasteiger partial charge is 0.416 e. The van der Waals surface area contributed by atoms with Crippen molar-refractivity contribution in [2.45, 2.75) is 45.2 Å². The number of hydrogen-bond acceptors (Lipinski definition) is 0. The monoisotopic (exact) mass is 360 g/mol. The summed E-state index contributed by atoms with van der Waals surface area (Å²) < 4.78 is 80.5. The lowest BCUT2D eigenvalue weighted by Crippen LogP contribution is -2.12. The van der Waals surface area contributed by atoms with Gasteiger partial charge in [-0.15, -0.1) is 0 Å². The summed E-state index contributed by atoms with van der Waals surface area (Å²) in [6, 6.07) is 5.08. The van der Waals surface area contributed by atoms with Gasteiger partial charge in [0, 0.05) is 17.7 Å². The Labute approximate surface area is 142 Å². The number of alkyl halides is 3. The average Bonchev–Trinajstić information content (AvgIpc) is 2.44. The Morgan fingerprint density at radius 1 is 0.880 bits per heavy atom. The van der Waals surface area contributed by atoms with Crippen molar-refractivity contribution >= 4 is 0 Å². The Morgan fingerprint density at radius 3 is 1.92 bits per heavy atom. The molecule has 1 unspecified atom stereocenters. The molecular formula is C19H18F6. The molecule has 0 spiro atoms. The lowest BCUT2D eigenvalue weighted by molar-refractivity contribution is -0.138. The lowest BCUT2D eigenvalue weighted by Gasteiger charge is -2.19. The lowest BCUT2D eigenvalue weighted by atomic mass is 9.89. The minimum Gasteiger partial charge on any atom is -0.207 e. The summed E-state index contributed by atoms with van der Waals surface area (Å²) in [5.74, 6) is -4.17. The summed E-state index contributed by atoms with van der Waals surface area (Å²) in [7, 11) is 0. The van der Waals surface area contributed by atoms with Crippen LogP contribution in [0.5, 0.6) is 0 Å². The van der Waals surface area contributed by atoms with Crippen LogP contribution in [0.2, 0.25) is 0 Å². The minimum atomic E-state index is -4.51. The second kappa shape index (κ2) is 7.10. The molecule has 0 saturated heterocycles. The van der Waals surface area contributed by atoms with Crippen molar-refractivity contribution < 1.29 is 26.3 Å². The van der Waals surface area contributed by atoms with E-state index in [0.29, 0.717) is 17.7 Å². The molecule has 0 N–H and O–H groups in total. The molecule has 2 rings (SSSR count). The highest BCUT2D eigenvalue weighted by Gasteiger charge is 2.34. The zero-order chi connectivity index (χ0) is 18.9. The first-order valence-corrected chi connectivity index (χ1v) is 7.85.